The number of hydrogen-bond acceptors (Lipinski definition) is 10. The van der Waals surface area contributed by atoms with Gasteiger partial charge in [-0.15, -0.1) is 0 Å². The van der Waals surface area contributed by atoms with Gasteiger partial charge in [-0.1, -0.05) is 23.5 Å². The summed E-state index contributed by atoms with van der Waals surface area (Å²) >= 11 is 1.22. The molecule has 0 radical (unpaired) electrons. The molecule has 170 valence electrons. The van der Waals surface area contributed by atoms with Gasteiger partial charge >= 0.3 is 5.97 Å². The molecule has 2 N–H and O–H groups in total. The van der Waals surface area contributed by atoms with E-state index in [1.807, 2.05) is 24.3 Å². The van der Waals surface area contributed by atoms with Crippen LogP contribution in [0.3, 0.4) is 0 Å². The van der Waals surface area contributed by atoms with Gasteiger partial charge in [0.15, 0.2) is 5.13 Å². The van der Waals surface area contributed by atoms with E-state index in [0.29, 0.717) is 26.7 Å². The van der Waals surface area contributed by atoms with Crippen molar-refractivity contribution in [1.82, 2.24) is 4.98 Å². The lowest BCUT2D eigenvalue weighted by Crippen LogP contribution is -2.09. The molecule has 4 rings (SSSR count). The molecule has 0 bridgehead atoms. The molecular weight excluding hydrogens is 448 g/mol. The number of esters is 1. The van der Waals surface area contributed by atoms with Gasteiger partial charge in [0, 0.05) is 6.07 Å². The fourth-order valence-corrected chi connectivity index (χ4v) is 3.80. The number of carbonyl (C=O) groups is 1. The number of nitrogens with zero attached hydrogens (tertiary/aromatic N) is 1. The Kier molecular flexibility index (Phi) is 6.45. The maximum Gasteiger partial charge on any atom is 0.338 e. The third kappa shape index (κ3) is 5.07. The number of methoxy groups -OCH3 is 2. The van der Waals surface area contributed by atoms with Crippen LogP contribution in [-0.2, 0) is 18.0 Å². The SMILES string of the molecule is COC(=O)c1cc(OCc2cc(=O)c(OCc3ccc(OC)cc3)co2)c2nc(N)sc2c1. The first kappa shape index (κ1) is 22.2. The minimum atomic E-state index is -0.515. The zero-order valence-corrected chi connectivity index (χ0v) is 18.6. The summed E-state index contributed by atoms with van der Waals surface area (Å²) in [5, 5.41) is 0.335. The van der Waals surface area contributed by atoms with Crippen molar-refractivity contribution in [2.24, 2.45) is 0 Å². The molecule has 33 heavy (non-hydrogen) atoms. The first-order chi connectivity index (χ1) is 16.0. The fraction of sp³-hybridized carbons (Fsp3) is 0.174. The highest BCUT2D eigenvalue weighted by molar-refractivity contribution is 7.22. The van der Waals surface area contributed by atoms with Crippen molar-refractivity contribution in [3.63, 3.8) is 0 Å². The lowest BCUT2D eigenvalue weighted by atomic mass is 10.2. The molecule has 2 aromatic carbocycles. The van der Waals surface area contributed by atoms with Crippen molar-refractivity contribution in [2.45, 2.75) is 13.2 Å². The average molecular weight is 468 g/mol. The molecule has 0 atom stereocenters. The maximum atomic E-state index is 12.4. The minimum Gasteiger partial charge on any atom is -0.497 e. The van der Waals surface area contributed by atoms with Crippen LogP contribution in [0.1, 0.15) is 21.7 Å². The predicted molar refractivity (Wildman–Crippen MR) is 122 cm³/mol. The first-order valence-electron chi connectivity index (χ1n) is 9.75. The van der Waals surface area contributed by atoms with Crippen molar-refractivity contribution < 1.29 is 28.2 Å². The molecular formula is C23H20N2O7S. The number of aromatic nitrogens is 1. The highest BCUT2D eigenvalue weighted by atomic mass is 32.1. The van der Waals surface area contributed by atoms with Crippen molar-refractivity contribution in [1.29, 1.82) is 0 Å². The van der Waals surface area contributed by atoms with E-state index >= 15 is 0 Å². The van der Waals surface area contributed by atoms with Gasteiger partial charge in [-0.2, -0.15) is 0 Å². The van der Waals surface area contributed by atoms with Gasteiger partial charge in [0.25, 0.3) is 0 Å². The van der Waals surface area contributed by atoms with Crippen LogP contribution < -0.4 is 25.4 Å². The Hall–Kier alpha value is -4.05. The van der Waals surface area contributed by atoms with Crippen LogP contribution in [0.25, 0.3) is 10.2 Å². The second kappa shape index (κ2) is 9.61. The summed E-state index contributed by atoms with van der Waals surface area (Å²) < 4.78 is 27.4. The smallest absolute Gasteiger partial charge is 0.338 e. The number of carbonyl (C=O) groups excluding carboxylic acids is 1. The Morgan fingerprint density at radius 3 is 2.52 bits per heavy atom. The Balaban J connectivity index is 1.46. The number of fused-ring (bicyclic) bond motifs is 1. The number of hydrogen-bond donors (Lipinski definition) is 1. The summed E-state index contributed by atoms with van der Waals surface area (Å²) in [6.45, 7) is 0.138. The maximum absolute atomic E-state index is 12.4. The lowest BCUT2D eigenvalue weighted by Gasteiger charge is -2.09. The van der Waals surface area contributed by atoms with Crippen LogP contribution in [-0.4, -0.2) is 25.2 Å². The lowest BCUT2D eigenvalue weighted by molar-refractivity contribution is 0.0600. The molecule has 9 nitrogen and oxygen atoms in total. The summed E-state index contributed by atoms with van der Waals surface area (Å²) in [5.41, 5.74) is 7.13. The monoisotopic (exact) mass is 468 g/mol. The van der Waals surface area contributed by atoms with Crippen molar-refractivity contribution >= 4 is 32.7 Å². The molecule has 0 unspecified atom stereocenters. The van der Waals surface area contributed by atoms with Crippen molar-refractivity contribution in [3.8, 4) is 17.2 Å². The normalized spacial score (nSPS) is 10.7. The third-order valence-corrected chi connectivity index (χ3v) is 5.50. The zero-order valence-electron chi connectivity index (χ0n) is 17.8. The molecule has 0 aliphatic heterocycles. The largest absolute Gasteiger partial charge is 0.497 e. The molecule has 0 amide bonds. The van der Waals surface area contributed by atoms with Crippen LogP contribution in [0, 0.1) is 0 Å². The van der Waals surface area contributed by atoms with Crippen LogP contribution in [0.2, 0.25) is 0 Å². The van der Waals surface area contributed by atoms with Gasteiger partial charge in [0.05, 0.1) is 24.5 Å². The number of thiazole rings is 1. The Labute approximate surface area is 192 Å². The third-order valence-electron chi connectivity index (χ3n) is 4.67. The molecule has 2 aromatic heterocycles. The van der Waals surface area contributed by atoms with E-state index in [9.17, 15) is 9.59 Å². The number of benzene rings is 2. The molecule has 0 saturated carbocycles. The highest BCUT2D eigenvalue weighted by Gasteiger charge is 2.16. The minimum absolute atomic E-state index is 0.0643. The average Bonchev–Trinajstić information content (AvgIpc) is 3.21. The van der Waals surface area contributed by atoms with E-state index in [-0.39, 0.29) is 30.2 Å². The molecule has 0 spiro atoms. The zero-order chi connectivity index (χ0) is 23.4. The fourth-order valence-electron chi connectivity index (χ4n) is 3.01. The number of nitrogens with two attached hydrogens (primary N) is 1. The molecule has 0 aliphatic rings. The summed E-state index contributed by atoms with van der Waals surface area (Å²) in [6.07, 6.45) is 1.24. The Morgan fingerprint density at radius 2 is 1.82 bits per heavy atom. The molecule has 4 aromatic rings. The van der Waals surface area contributed by atoms with Crippen LogP contribution in [0.4, 0.5) is 5.13 Å². The summed E-state index contributed by atoms with van der Waals surface area (Å²) in [5.74, 6) is 0.896. The van der Waals surface area contributed by atoms with Gasteiger partial charge in [-0.05, 0) is 29.8 Å². The second-order valence-corrected chi connectivity index (χ2v) is 7.93. The van der Waals surface area contributed by atoms with Crippen LogP contribution in [0.15, 0.2) is 57.9 Å². The Morgan fingerprint density at radius 1 is 1.06 bits per heavy atom. The van der Waals surface area contributed by atoms with E-state index in [2.05, 4.69) is 4.98 Å². The number of nitrogen functional groups attached to an aromatic ring is 1. The van der Waals surface area contributed by atoms with E-state index in [0.717, 1.165) is 11.3 Å². The molecule has 0 fully saturated rings. The van der Waals surface area contributed by atoms with E-state index in [1.54, 1.807) is 13.2 Å². The first-order valence-corrected chi connectivity index (χ1v) is 10.6. The second-order valence-electron chi connectivity index (χ2n) is 6.87. The van der Waals surface area contributed by atoms with Gasteiger partial charge < -0.3 is 29.1 Å². The summed E-state index contributed by atoms with van der Waals surface area (Å²) in [6, 6.07) is 11.7. The van der Waals surface area contributed by atoms with Gasteiger partial charge in [0.2, 0.25) is 11.2 Å². The highest BCUT2D eigenvalue weighted by Crippen LogP contribution is 2.33. The standard InChI is InChI=1S/C23H20N2O7S/c1-28-15-5-3-13(4-6-15)10-31-19-12-30-16(9-17(19)26)11-32-18-7-14(22(27)29-2)8-20-21(18)25-23(24)33-20/h3-9,12H,10-11H2,1-2H3,(H2,24,25). The molecule has 2 heterocycles. The summed E-state index contributed by atoms with van der Waals surface area (Å²) in [4.78, 5) is 28.6. The molecule has 10 heteroatoms. The van der Waals surface area contributed by atoms with Gasteiger partial charge in [-0.3, -0.25) is 4.79 Å². The summed E-state index contributed by atoms with van der Waals surface area (Å²) in [7, 11) is 2.88. The molecule has 0 aliphatic carbocycles. The van der Waals surface area contributed by atoms with Crippen molar-refractivity contribution in [3.05, 3.63) is 75.8 Å². The number of ether oxygens (including phenoxy) is 4. The molecule has 0 saturated heterocycles. The van der Waals surface area contributed by atoms with E-state index in [4.69, 9.17) is 29.1 Å². The van der Waals surface area contributed by atoms with E-state index < -0.39 is 5.97 Å². The van der Waals surface area contributed by atoms with Crippen LogP contribution >= 0.6 is 11.3 Å². The van der Waals surface area contributed by atoms with E-state index in [1.165, 1.54) is 36.8 Å². The van der Waals surface area contributed by atoms with Gasteiger partial charge in [-0.25, -0.2) is 9.78 Å². The van der Waals surface area contributed by atoms with Crippen molar-refractivity contribution in [2.75, 3.05) is 20.0 Å². The predicted octanol–water partition coefficient (Wildman–Crippen LogP) is 3.78. The van der Waals surface area contributed by atoms with Gasteiger partial charge in [0.1, 0.15) is 42.3 Å². The number of anilines is 1. The quantitative estimate of drug-likeness (QED) is 0.385. The Bertz CT molecular complexity index is 1350. The topological polar surface area (TPSA) is 123 Å². The number of rotatable bonds is 8. The van der Waals surface area contributed by atoms with Crippen LogP contribution in [0.5, 0.6) is 17.2 Å².